The summed E-state index contributed by atoms with van der Waals surface area (Å²) in [5.74, 6) is 0. The van der Waals surface area contributed by atoms with Gasteiger partial charge in [0.05, 0.1) is 12.0 Å². The van der Waals surface area contributed by atoms with E-state index in [1.54, 1.807) is 0 Å². The van der Waals surface area contributed by atoms with Crippen molar-refractivity contribution in [3.8, 4) is 0 Å². The van der Waals surface area contributed by atoms with Gasteiger partial charge in [0.25, 0.3) is 0 Å². The van der Waals surface area contributed by atoms with Crippen molar-refractivity contribution in [2.24, 2.45) is 0 Å². The highest BCUT2D eigenvalue weighted by Crippen LogP contribution is 2.17. The molecule has 0 aliphatic carbocycles. The monoisotopic (exact) mass is 243 g/mol. The average molecular weight is 243 g/mol. The van der Waals surface area contributed by atoms with E-state index in [1.165, 1.54) is 4.31 Å². The standard InChI is InChI=1S/C6H13NO5S2/c8-11-12-13-6-14(9,10)7-4-2-1-3-5-7/h8H,1-6H2. The van der Waals surface area contributed by atoms with Crippen LogP contribution >= 0.6 is 12.0 Å². The van der Waals surface area contributed by atoms with Crippen molar-refractivity contribution in [2.45, 2.75) is 19.3 Å². The molecule has 1 N–H and O–H groups in total. The highest BCUT2D eigenvalue weighted by molar-refractivity contribution is 8.08. The minimum Gasteiger partial charge on any atom is -0.220 e. The third-order valence-corrected chi connectivity index (χ3v) is 4.87. The van der Waals surface area contributed by atoms with Gasteiger partial charge in [-0.3, -0.25) is 0 Å². The van der Waals surface area contributed by atoms with E-state index < -0.39 is 10.0 Å². The molecule has 0 atom stereocenters. The van der Waals surface area contributed by atoms with E-state index in [-0.39, 0.29) is 5.08 Å². The van der Waals surface area contributed by atoms with Gasteiger partial charge in [-0.05, 0) is 12.8 Å². The third kappa shape index (κ3) is 3.71. The molecule has 1 rings (SSSR count). The van der Waals surface area contributed by atoms with Gasteiger partial charge in [-0.25, -0.2) is 18.0 Å². The summed E-state index contributed by atoms with van der Waals surface area (Å²) in [5, 5.41) is 10.9. The maximum Gasteiger partial charge on any atom is 0.225 e. The fourth-order valence-corrected chi connectivity index (χ4v) is 3.42. The number of sulfonamides is 1. The molecule has 0 aromatic rings. The van der Waals surface area contributed by atoms with Gasteiger partial charge in [-0.15, -0.1) is 4.33 Å². The molecule has 0 aromatic heterocycles. The molecule has 6 nitrogen and oxygen atoms in total. The highest BCUT2D eigenvalue weighted by Gasteiger charge is 2.24. The van der Waals surface area contributed by atoms with E-state index in [0.29, 0.717) is 25.1 Å². The topological polar surface area (TPSA) is 76.1 Å². The van der Waals surface area contributed by atoms with Gasteiger partial charge >= 0.3 is 0 Å². The summed E-state index contributed by atoms with van der Waals surface area (Å²) >= 11 is 0.552. The highest BCUT2D eigenvalue weighted by atomic mass is 32.3. The number of hydrogen-bond donors (Lipinski definition) is 1. The van der Waals surface area contributed by atoms with Gasteiger partial charge in [0.15, 0.2) is 0 Å². The minimum absolute atomic E-state index is 0.242. The lowest BCUT2D eigenvalue weighted by atomic mass is 10.2. The zero-order valence-electron chi connectivity index (χ0n) is 7.59. The molecule has 8 heteroatoms. The third-order valence-electron chi connectivity index (χ3n) is 1.98. The Morgan fingerprint density at radius 1 is 1.29 bits per heavy atom. The smallest absolute Gasteiger partial charge is 0.220 e. The molecule has 14 heavy (non-hydrogen) atoms. The first-order chi connectivity index (χ1) is 6.67. The molecule has 0 unspecified atom stereocenters. The van der Waals surface area contributed by atoms with Crippen LogP contribution in [0.5, 0.6) is 0 Å². The number of nitrogens with zero attached hydrogens (tertiary/aromatic N) is 1. The van der Waals surface area contributed by atoms with Crippen molar-refractivity contribution < 1.29 is 23.0 Å². The lowest BCUT2D eigenvalue weighted by Gasteiger charge is -2.25. The van der Waals surface area contributed by atoms with E-state index in [9.17, 15) is 8.42 Å². The first-order valence-corrected chi connectivity index (χ1v) is 6.76. The molecule has 0 spiro atoms. The van der Waals surface area contributed by atoms with E-state index in [0.717, 1.165) is 19.3 Å². The Balaban J connectivity index is 2.38. The zero-order chi connectivity index (χ0) is 10.4. The van der Waals surface area contributed by atoms with Crippen molar-refractivity contribution in [2.75, 3.05) is 18.2 Å². The predicted octanol–water partition coefficient (Wildman–Crippen LogP) is 0.829. The maximum atomic E-state index is 11.5. The van der Waals surface area contributed by atoms with Crippen molar-refractivity contribution in [1.82, 2.24) is 4.31 Å². The SMILES string of the molecule is O=S(=O)(CSOOO)N1CCCCC1. The molecule has 1 heterocycles. The van der Waals surface area contributed by atoms with Crippen LogP contribution in [0.25, 0.3) is 0 Å². The van der Waals surface area contributed by atoms with Gasteiger partial charge < -0.3 is 0 Å². The Hall–Kier alpha value is 0.140. The van der Waals surface area contributed by atoms with E-state index in [4.69, 9.17) is 5.26 Å². The van der Waals surface area contributed by atoms with Crippen LogP contribution in [0, 0.1) is 0 Å². The largest absolute Gasteiger partial charge is 0.225 e. The fraction of sp³-hybridized carbons (Fsp3) is 1.00. The average Bonchev–Trinajstić information content (AvgIpc) is 2.19. The van der Waals surface area contributed by atoms with Crippen LogP contribution < -0.4 is 0 Å². The number of rotatable bonds is 5. The Bertz CT molecular complexity index is 249. The predicted molar refractivity (Wildman–Crippen MR) is 51.6 cm³/mol. The van der Waals surface area contributed by atoms with E-state index >= 15 is 0 Å². The van der Waals surface area contributed by atoms with Crippen LogP contribution in [0.15, 0.2) is 0 Å². The van der Waals surface area contributed by atoms with Gasteiger partial charge in [0.2, 0.25) is 10.0 Å². The fourth-order valence-electron chi connectivity index (χ4n) is 1.32. The van der Waals surface area contributed by atoms with Crippen molar-refractivity contribution >= 4 is 22.1 Å². The molecule has 84 valence electrons. The van der Waals surface area contributed by atoms with Crippen molar-refractivity contribution in [1.29, 1.82) is 0 Å². The normalized spacial score (nSPS) is 19.8. The molecule has 0 bridgehead atoms. The number of hydrogen-bond acceptors (Lipinski definition) is 6. The van der Waals surface area contributed by atoms with E-state index in [1.807, 2.05) is 0 Å². The second-order valence-corrected chi connectivity index (χ2v) is 5.94. The van der Waals surface area contributed by atoms with Crippen LogP contribution in [0.2, 0.25) is 0 Å². The van der Waals surface area contributed by atoms with Crippen molar-refractivity contribution in [3.63, 3.8) is 0 Å². The Morgan fingerprint density at radius 3 is 2.50 bits per heavy atom. The summed E-state index contributed by atoms with van der Waals surface area (Å²) in [5.41, 5.74) is 0. The van der Waals surface area contributed by atoms with Crippen molar-refractivity contribution in [3.05, 3.63) is 0 Å². The summed E-state index contributed by atoms with van der Waals surface area (Å²) in [6.07, 6.45) is 2.89. The second-order valence-electron chi connectivity index (χ2n) is 2.95. The summed E-state index contributed by atoms with van der Waals surface area (Å²) in [7, 11) is -3.28. The molecule has 0 saturated carbocycles. The summed E-state index contributed by atoms with van der Waals surface area (Å²) in [4.78, 5) is 0. The Morgan fingerprint density at radius 2 is 1.93 bits per heavy atom. The van der Waals surface area contributed by atoms with Gasteiger partial charge in [-0.1, -0.05) is 11.5 Å². The molecule has 0 radical (unpaired) electrons. The van der Waals surface area contributed by atoms with Crippen LogP contribution in [-0.2, 0) is 19.4 Å². The van der Waals surface area contributed by atoms with Crippen LogP contribution in [0.1, 0.15) is 19.3 Å². The summed E-state index contributed by atoms with van der Waals surface area (Å²) in [6.45, 7) is 1.14. The van der Waals surface area contributed by atoms with Gasteiger partial charge in [0.1, 0.15) is 5.08 Å². The van der Waals surface area contributed by atoms with Crippen LogP contribution in [0.4, 0.5) is 0 Å². The Kier molecular flexibility index (Phi) is 5.13. The molecule has 1 aliphatic rings. The van der Waals surface area contributed by atoms with Gasteiger partial charge in [0, 0.05) is 13.1 Å². The first-order valence-electron chi connectivity index (χ1n) is 4.24. The lowest BCUT2D eigenvalue weighted by molar-refractivity contribution is -0.432. The summed E-state index contributed by atoms with van der Waals surface area (Å²) in [6, 6.07) is 0. The van der Waals surface area contributed by atoms with Crippen LogP contribution in [-0.4, -0.2) is 36.2 Å². The zero-order valence-corrected chi connectivity index (χ0v) is 9.22. The molecule has 1 fully saturated rings. The minimum atomic E-state index is -3.28. The maximum absolute atomic E-state index is 11.5. The number of piperidine rings is 1. The second kappa shape index (κ2) is 5.89. The Labute approximate surface area is 87.3 Å². The molecular weight excluding hydrogens is 230 g/mol. The van der Waals surface area contributed by atoms with Gasteiger partial charge in [-0.2, -0.15) is 0 Å². The summed E-state index contributed by atoms with van der Waals surface area (Å²) < 4.78 is 28.6. The molecular formula is C6H13NO5S2. The quantitative estimate of drug-likeness (QED) is 0.333. The molecule has 0 aromatic carbocycles. The molecule has 0 amide bonds. The molecule has 1 saturated heterocycles. The lowest BCUT2D eigenvalue weighted by Crippen LogP contribution is -2.36. The molecule has 1 aliphatic heterocycles. The van der Waals surface area contributed by atoms with E-state index in [2.05, 4.69) is 9.37 Å². The first kappa shape index (κ1) is 12.2. The van der Waals surface area contributed by atoms with Crippen LogP contribution in [0.3, 0.4) is 0 Å².